The largest absolute Gasteiger partial charge is 0.355 e. The molecular weight excluding hydrogens is 582 g/mol. The van der Waals surface area contributed by atoms with Gasteiger partial charge in [0.25, 0.3) is 10.0 Å². The van der Waals surface area contributed by atoms with E-state index >= 15 is 0 Å². The Labute approximate surface area is 259 Å². The van der Waals surface area contributed by atoms with Gasteiger partial charge in [-0.1, -0.05) is 78.3 Å². The highest BCUT2D eigenvalue weighted by molar-refractivity contribution is 7.92. The Kier molecular flexibility index (Phi) is 10.6. The van der Waals surface area contributed by atoms with Gasteiger partial charge in [-0.3, -0.25) is 13.9 Å². The van der Waals surface area contributed by atoms with Gasteiger partial charge in [0, 0.05) is 24.5 Å². The van der Waals surface area contributed by atoms with E-state index in [1.807, 2.05) is 57.2 Å². The van der Waals surface area contributed by atoms with Crippen LogP contribution < -0.4 is 9.62 Å². The second kappa shape index (κ2) is 14.4. The van der Waals surface area contributed by atoms with Crippen molar-refractivity contribution in [3.63, 3.8) is 0 Å². The maximum atomic E-state index is 14.4. The van der Waals surface area contributed by atoms with Crippen LogP contribution in [0.2, 0.25) is 5.02 Å². The van der Waals surface area contributed by atoms with Crippen molar-refractivity contribution in [1.29, 1.82) is 0 Å². The van der Waals surface area contributed by atoms with Crippen LogP contribution in [0.5, 0.6) is 0 Å². The molecule has 0 saturated carbocycles. The minimum absolute atomic E-state index is 0.0655. The van der Waals surface area contributed by atoms with Gasteiger partial charge >= 0.3 is 0 Å². The van der Waals surface area contributed by atoms with Crippen molar-refractivity contribution in [1.82, 2.24) is 10.2 Å². The third-order valence-corrected chi connectivity index (χ3v) is 9.03. The summed E-state index contributed by atoms with van der Waals surface area (Å²) in [4.78, 5) is 29.5. The first kappa shape index (κ1) is 31.8. The lowest BCUT2D eigenvalue weighted by Crippen LogP contribution is -2.53. The maximum Gasteiger partial charge on any atom is 0.264 e. The summed E-state index contributed by atoms with van der Waals surface area (Å²) >= 11 is 6.12. The number of aryl methyl sites for hydroxylation is 2. The number of nitrogens with one attached hydrogen (secondary N) is 1. The number of sulfonamides is 1. The van der Waals surface area contributed by atoms with Crippen LogP contribution in [0.1, 0.15) is 29.2 Å². The number of hydrogen-bond acceptors (Lipinski definition) is 4. The molecular formula is C34H36ClN3O4S. The van der Waals surface area contributed by atoms with E-state index in [-0.39, 0.29) is 23.8 Å². The SMILES string of the molecule is CCNC(=O)[C@H](Cc1ccccc1)N(Cc1ccc(Cl)cc1)C(=O)CN(c1cc(C)cc(C)c1)S(=O)(=O)c1ccccc1. The predicted molar refractivity (Wildman–Crippen MR) is 172 cm³/mol. The summed E-state index contributed by atoms with van der Waals surface area (Å²) in [7, 11) is -4.14. The Hall–Kier alpha value is -4.14. The third-order valence-electron chi connectivity index (χ3n) is 6.99. The fourth-order valence-electron chi connectivity index (χ4n) is 4.98. The Balaban J connectivity index is 1.81. The quantitative estimate of drug-likeness (QED) is 0.214. The van der Waals surface area contributed by atoms with E-state index in [0.29, 0.717) is 17.3 Å². The molecule has 0 radical (unpaired) electrons. The van der Waals surface area contributed by atoms with Gasteiger partial charge < -0.3 is 10.2 Å². The molecule has 1 N–H and O–H groups in total. The molecule has 0 aliphatic heterocycles. The topological polar surface area (TPSA) is 86.8 Å². The number of amides is 2. The summed E-state index contributed by atoms with van der Waals surface area (Å²) in [5.41, 5.74) is 3.72. The molecule has 43 heavy (non-hydrogen) atoms. The number of likely N-dealkylation sites (N-methyl/N-ethyl adjacent to an activating group) is 1. The number of rotatable bonds is 12. The molecule has 0 aliphatic rings. The first-order valence-corrected chi connectivity index (χ1v) is 15.9. The van der Waals surface area contributed by atoms with Gasteiger partial charge in [-0.15, -0.1) is 0 Å². The first-order valence-electron chi connectivity index (χ1n) is 14.1. The lowest BCUT2D eigenvalue weighted by molar-refractivity contribution is -0.140. The highest BCUT2D eigenvalue weighted by Crippen LogP contribution is 2.27. The van der Waals surface area contributed by atoms with Crippen LogP contribution in [0.4, 0.5) is 5.69 Å². The summed E-state index contributed by atoms with van der Waals surface area (Å²) in [5, 5.41) is 3.41. The molecule has 4 rings (SSSR count). The van der Waals surface area contributed by atoms with Crippen LogP contribution >= 0.6 is 11.6 Å². The Bertz CT molecular complexity index is 1630. The van der Waals surface area contributed by atoms with Crippen molar-refractivity contribution >= 4 is 39.1 Å². The molecule has 0 spiro atoms. The minimum atomic E-state index is -4.14. The summed E-state index contributed by atoms with van der Waals surface area (Å²) in [6.45, 7) is 5.53. The zero-order chi connectivity index (χ0) is 31.0. The molecule has 2 amide bonds. The number of carbonyl (C=O) groups is 2. The highest BCUT2D eigenvalue weighted by atomic mass is 35.5. The Morgan fingerprint density at radius 2 is 1.40 bits per heavy atom. The molecule has 0 aliphatic carbocycles. The van der Waals surface area contributed by atoms with Gasteiger partial charge in [-0.05, 0) is 79.4 Å². The lowest BCUT2D eigenvalue weighted by Gasteiger charge is -2.34. The van der Waals surface area contributed by atoms with Gasteiger partial charge in [0.15, 0.2) is 0 Å². The van der Waals surface area contributed by atoms with Crippen molar-refractivity contribution in [2.75, 3.05) is 17.4 Å². The van der Waals surface area contributed by atoms with E-state index in [1.165, 1.54) is 17.0 Å². The molecule has 7 nitrogen and oxygen atoms in total. The monoisotopic (exact) mass is 617 g/mol. The lowest BCUT2D eigenvalue weighted by atomic mass is 10.0. The fourth-order valence-corrected chi connectivity index (χ4v) is 6.52. The summed E-state index contributed by atoms with van der Waals surface area (Å²) in [5.74, 6) is -0.835. The van der Waals surface area contributed by atoms with Crippen LogP contribution in [-0.4, -0.2) is 44.3 Å². The number of halogens is 1. The molecule has 4 aromatic carbocycles. The number of carbonyl (C=O) groups excluding carboxylic acids is 2. The zero-order valence-corrected chi connectivity index (χ0v) is 26.1. The highest BCUT2D eigenvalue weighted by Gasteiger charge is 2.34. The van der Waals surface area contributed by atoms with Crippen molar-refractivity contribution in [2.24, 2.45) is 0 Å². The van der Waals surface area contributed by atoms with Crippen molar-refractivity contribution in [3.8, 4) is 0 Å². The molecule has 1 atom stereocenters. The average molecular weight is 618 g/mol. The van der Waals surface area contributed by atoms with Crippen LogP contribution in [-0.2, 0) is 32.6 Å². The minimum Gasteiger partial charge on any atom is -0.355 e. The number of benzene rings is 4. The number of anilines is 1. The van der Waals surface area contributed by atoms with E-state index in [9.17, 15) is 18.0 Å². The summed E-state index contributed by atoms with van der Waals surface area (Å²) in [6, 6.07) is 29.1. The van der Waals surface area contributed by atoms with E-state index in [1.54, 1.807) is 54.6 Å². The average Bonchev–Trinajstić information content (AvgIpc) is 2.99. The second-order valence-corrected chi connectivity index (χ2v) is 12.7. The smallest absolute Gasteiger partial charge is 0.264 e. The van der Waals surface area contributed by atoms with Crippen LogP contribution in [0.25, 0.3) is 0 Å². The van der Waals surface area contributed by atoms with Crippen molar-refractivity contribution in [2.45, 2.75) is 44.7 Å². The van der Waals surface area contributed by atoms with Gasteiger partial charge in [-0.25, -0.2) is 8.42 Å². The molecule has 0 unspecified atom stereocenters. The van der Waals surface area contributed by atoms with E-state index < -0.39 is 28.5 Å². The molecule has 4 aromatic rings. The Morgan fingerprint density at radius 1 is 0.814 bits per heavy atom. The fraction of sp³-hybridized carbons (Fsp3) is 0.235. The molecule has 0 aromatic heterocycles. The molecule has 0 bridgehead atoms. The van der Waals surface area contributed by atoms with Crippen LogP contribution in [0.15, 0.2) is 108 Å². The van der Waals surface area contributed by atoms with Crippen molar-refractivity contribution < 1.29 is 18.0 Å². The van der Waals surface area contributed by atoms with Gasteiger partial charge in [-0.2, -0.15) is 0 Å². The predicted octanol–water partition coefficient (Wildman–Crippen LogP) is 5.93. The molecule has 0 fully saturated rings. The molecule has 224 valence electrons. The third kappa shape index (κ3) is 8.24. The van der Waals surface area contributed by atoms with Crippen molar-refractivity contribution in [3.05, 3.63) is 130 Å². The Morgan fingerprint density at radius 3 is 1.98 bits per heavy atom. The van der Waals surface area contributed by atoms with Gasteiger partial charge in [0.2, 0.25) is 11.8 Å². The molecule has 9 heteroatoms. The van der Waals surface area contributed by atoms with E-state index in [0.717, 1.165) is 26.6 Å². The maximum absolute atomic E-state index is 14.4. The normalized spacial score (nSPS) is 11.9. The van der Waals surface area contributed by atoms with Gasteiger partial charge in [0.1, 0.15) is 12.6 Å². The van der Waals surface area contributed by atoms with E-state index in [2.05, 4.69) is 5.32 Å². The number of hydrogen-bond donors (Lipinski definition) is 1. The molecule has 0 heterocycles. The first-order chi connectivity index (χ1) is 20.6. The second-order valence-electron chi connectivity index (χ2n) is 10.4. The van der Waals surface area contributed by atoms with Crippen LogP contribution in [0.3, 0.4) is 0 Å². The molecule has 0 saturated heterocycles. The standard InChI is InChI=1S/C34H36ClN3O4S/c1-4-36-34(40)32(22-27-11-7-5-8-12-27)37(23-28-15-17-29(35)18-16-28)33(39)24-38(30-20-25(2)19-26(3)21-30)43(41,42)31-13-9-6-10-14-31/h5-21,32H,4,22-24H2,1-3H3,(H,36,40)/t32-/m0/s1. The zero-order valence-electron chi connectivity index (χ0n) is 24.5. The van der Waals surface area contributed by atoms with Gasteiger partial charge in [0.05, 0.1) is 10.6 Å². The number of nitrogens with zero attached hydrogens (tertiary/aromatic N) is 2. The van der Waals surface area contributed by atoms with E-state index in [4.69, 9.17) is 11.6 Å². The summed E-state index contributed by atoms with van der Waals surface area (Å²) < 4.78 is 29.3. The summed E-state index contributed by atoms with van der Waals surface area (Å²) in [6.07, 6.45) is 0.251. The van der Waals surface area contributed by atoms with Crippen LogP contribution in [0, 0.1) is 13.8 Å².